The van der Waals surface area contributed by atoms with Crippen LogP contribution in [0, 0.1) is 0 Å². The summed E-state index contributed by atoms with van der Waals surface area (Å²) in [5.74, 6) is -1.69. The number of hydrogen-bond acceptors (Lipinski definition) is 5. The Kier molecular flexibility index (Phi) is 7.68. The molecular weight excluding hydrogens is 465 g/mol. The largest absolute Gasteiger partial charge is 0.506 e. The van der Waals surface area contributed by atoms with Crippen LogP contribution < -0.4 is 4.90 Å². The molecule has 0 aliphatic carbocycles. The minimum atomic E-state index is -0.627. The molecule has 0 saturated carbocycles. The van der Waals surface area contributed by atoms with Crippen molar-refractivity contribution in [3.63, 3.8) is 0 Å². The normalized spacial score (nSPS) is 10.5. The first kappa shape index (κ1) is 24.2. The van der Waals surface area contributed by atoms with Gasteiger partial charge in [0.15, 0.2) is 5.78 Å². The van der Waals surface area contributed by atoms with Crippen molar-refractivity contribution >= 4 is 46.5 Å². The van der Waals surface area contributed by atoms with Crippen LogP contribution in [0.3, 0.4) is 0 Å². The van der Waals surface area contributed by atoms with Gasteiger partial charge >= 0.3 is 0 Å². The standard InChI is InChI=1S/C24H21Cl2N3O4/c1-28(2)24(33)16-5-3-6-17(12-16)29(14-15-8-9-18(25)19(26)11-15)22(32)13-21(31)23-20(30)7-4-10-27-23/h3-12,30H,13-14H2,1-2H3. The number of halogens is 2. The molecule has 0 radical (unpaired) electrons. The summed E-state index contributed by atoms with van der Waals surface area (Å²) >= 11 is 12.1. The fourth-order valence-corrected chi connectivity index (χ4v) is 3.46. The number of ketones is 1. The van der Waals surface area contributed by atoms with Gasteiger partial charge in [0.2, 0.25) is 5.91 Å². The second-order valence-corrected chi connectivity index (χ2v) is 8.26. The fourth-order valence-electron chi connectivity index (χ4n) is 3.14. The molecule has 0 atom stereocenters. The Balaban J connectivity index is 1.96. The summed E-state index contributed by atoms with van der Waals surface area (Å²) < 4.78 is 0. The van der Waals surface area contributed by atoms with Crippen LogP contribution in [0.2, 0.25) is 10.0 Å². The molecule has 9 heteroatoms. The third-order valence-corrected chi connectivity index (χ3v) is 5.54. The molecular formula is C24H21Cl2N3O4. The quantitative estimate of drug-likeness (QED) is 0.389. The van der Waals surface area contributed by atoms with E-state index in [9.17, 15) is 19.5 Å². The highest BCUT2D eigenvalue weighted by atomic mass is 35.5. The van der Waals surface area contributed by atoms with Crippen LogP contribution in [0.4, 0.5) is 5.69 Å². The second kappa shape index (κ2) is 10.5. The van der Waals surface area contributed by atoms with Crippen LogP contribution in [-0.4, -0.2) is 46.7 Å². The van der Waals surface area contributed by atoms with Gasteiger partial charge in [-0.05, 0) is 48.0 Å². The van der Waals surface area contributed by atoms with Gasteiger partial charge < -0.3 is 14.9 Å². The van der Waals surface area contributed by atoms with Gasteiger partial charge in [-0.15, -0.1) is 0 Å². The minimum absolute atomic E-state index is 0.0802. The molecule has 0 bridgehead atoms. The van der Waals surface area contributed by atoms with Crippen molar-refractivity contribution in [2.24, 2.45) is 0 Å². The lowest BCUT2D eigenvalue weighted by Crippen LogP contribution is -2.32. The number of hydrogen-bond donors (Lipinski definition) is 1. The number of nitrogens with zero attached hydrogens (tertiary/aromatic N) is 3. The molecule has 0 spiro atoms. The van der Waals surface area contributed by atoms with Gasteiger partial charge in [0.05, 0.1) is 23.0 Å². The maximum absolute atomic E-state index is 13.3. The van der Waals surface area contributed by atoms with Gasteiger partial charge in [-0.2, -0.15) is 0 Å². The van der Waals surface area contributed by atoms with Crippen LogP contribution in [0.25, 0.3) is 0 Å². The molecule has 0 unspecified atom stereocenters. The number of carbonyl (C=O) groups is 3. The number of amides is 2. The topological polar surface area (TPSA) is 90.8 Å². The van der Waals surface area contributed by atoms with Gasteiger partial charge in [-0.1, -0.05) is 35.3 Å². The van der Waals surface area contributed by atoms with E-state index in [0.717, 1.165) is 0 Å². The van der Waals surface area contributed by atoms with E-state index in [2.05, 4.69) is 4.98 Å². The van der Waals surface area contributed by atoms with E-state index in [1.165, 1.54) is 28.1 Å². The average Bonchev–Trinajstić information content (AvgIpc) is 2.79. The van der Waals surface area contributed by atoms with Crippen molar-refractivity contribution in [1.29, 1.82) is 0 Å². The molecule has 7 nitrogen and oxygen atoms in total. The van der Waals surface area contributed by atoms with Gasteiger partial charge in [0.25, 0.3) is 5.91 Å². The summed E-state index contributed by atoms with van der Waals surface area (Å²) in [4.78, 5) is 45.0. The lowest BCUT2D eigenvalue weighted by molar-refractivity contribution is -0.117. The van der Waals surface area contributed by atoms with E-state index in [1.807, 2.05) is 0 Å². The maximum Gasteiger partial charge on any atom is 0.253 e. The molecule has 1 aromatic heterocycles. The summed E-state index contributed by atoms with van der Waals surface area (Å²) in [6.45, 7) is 0.0802. The Labute approximate surface area is 201 Å². The first-order chi connectivity index (χ1) is 15.7. The third-order valence-electron chi connectivity index (χ3n) is 4.80. The minimum Gasteiger partial charge on any atom is -0.506 e. The zero-order valence-corrected chi connectivity index (χ0v) is 19.5. The van der Waals surface area contributed by atoms with Crippen LogP contribution in [-0.2, 0) is 11.3 Å². The van der Waals surface area contributed by atoms with Crippen LogP contribution in [0.5, 0.6) is 5.75 Å². The van der Waals surface area contributed by atoms with E-state index in [4.69, 9.17) is 23.2 Å². The summed E-state index contributed by atoms with van der Waals surface area (Å²) in [5, 5.41) is 10.6. The fraction of sp³-hybridized carbons (Fsp3) is 0.167. The molecule has 170 valence electrons. The molecule has 3 aromatic rings. The number of pyridine rings is 1. The second-order valence-electron chi connectivity index (χ2n) is 7.45. The van der Waals surface area contributed by atoms with E-state index >= 15 is 0 Å². The van der Waals surface area contributed by atoms with E-state index in [-0.39, 0.29) is 23.9 Å². The molecule has 1 heterocycles. The Morgan fingerprint density at radius 1 is 0.970 bits per heavy atom. The molecule has 2 amide bonds. The SMILES string of the molecule is CN(C)C(=O)c1cccc(N(Cc2ccc(Cl)c(Cl)c2)C(=O)CC(=O)c2ncccc2O)c1. The molecule has 0 aliphatic rings. The summed E-state index contributed by atoms with van der Waals surface area (Å²) in [6, 6.07) is 14.3. The number of anilines is 1. The highest BCUT2D eigenvalue weighted by Crippen LogP contribution is 2.26. The van der Waals surface area contributed by atoms with E-state index in [0.29, 0.717) is 26.9 Å². The first-order valence-electron chi connectivity index (χ1n) is 9.90. The van der Waals surface area contributed by atoms with Gasteiger partial charge in [-0.3, -0.25) is 14.4 Å². The van der Waals surface area contributed by atoms with Crippen molar-refractivity contribution in [1.82, 2.24) is 9.88 Å². The number of aromatic hydroxyl groups is 1. The smallest absolute Gasteiger partial charge is 0.253 e. The summed E-state index contributed by atoms with van der Waals surface area (Å²) in [5.41, 5.74) is 1.31. The van der Waals surface area contributed by atoms with Crippen LogP contribution >= 0.6 is 23.2 Å². The summed E-state index contributed by atoms with van der Waals surface area (Å²) in [6.07, 6.45) is 0.832. The van der Waals surface area contributed by atoms with Crippen molar-refractivity contribution in [3.8, 4) is 5.75 Å². The third kappa shape index (κ3) is 5.88. The monoisotopic (exact) mass is 485 g/mol. The average molecular weight is 486 g/mol. The summed E-state index contributed by atoms with van der Waals surface area (Å²) in [7, 11) is 3.26. The zero-order valence-electron chi connectivity index (χ0n) is 18.0. The Morgan fingerprint density at radius 2 is 1.73 bits per heavy atom. The van der Waals surface area contributed by atoms with Crippen LogP contribution in [0.15, 0.2) is 60.8 Å². The van der Waals surface area contributed by atoms with Crippen LogP contribution in [0.1, 0.15) is 32.8 Å². The van der Waals surface area contributed by atoms with Gasteiger partial charge in [0, 0.05) is 31.5 Å². The Bertz CT molecular complexity index is 1210. The predicted molar refractivity (Wildman–Crippen MR) is 127 cm³/mol. The molecule has 2 aromatic carbocycles. The Morgan fingerprint density at radius 3 is 2.39 bits per heavy atom. The van der Waals surface area contributed by atoms with Crippen molar-refractivity contribution in [2.75, 3.05) is 19.0 Å². The van der Waals surface area contributed by atoms with E-state index < -0.39 is 18.1 Å². The maximum atomic E-state index is 13.3. The number of Topliss-reactive ketones (excluding diaryl/α,β-unsaturated/α-hetero) is 1. The molecule has 0 fully saturated rings. The molecule has 33 heavy (non-hydrogen) atoms. The number of aromatic nitrogens is 1. The van der Waals surface area contributed by atoms with Crippen molar-refractivity contribution in [3.05, 3.63) is 87.7 Å². The number of carbonyl (C=O) groups excluding carboxylic acids is 3. The highest BCUT2D eigenvalue weighted by Gasteiger charge is 2.23. The Hall–Kier alpha value is -3.42. The van der Waals surface area contributed by atoms with Gasteiger partial charge in [-0.25, -0.2) is 4.98 Å². The van der Waals surface area contributed by atoms with Crippen molar-refractivity contribution in [2.45, 2.75) is 13.0 Å². The van der Waals surface area contributed by atoms with E-state index in [1.54, 1.807) is 56.6 Å². The zero-order chi connectivity index (χ0) is 24.1. The molecule has 0 saturated heterocycles. The lowest BCUT2D eigenvalue weighted by atomic mass is 10.1. The lowest BCUT2D eigenvalue weighted by Gasteiger charge is -2.24. The number of rotatable bonds is 7. The first-order valence-corrected chi connectivity index (χ1v) is 10.7. The molecule has 3 rings (SSSR count). The molecule has 1 N–H and O–H groups in total. The van der Waals surface area contributed by atoms with Gasteiger partial charge in [0.1, 0.15) is 11.4 Å². The molecule has 0 aliphatic heterocycles. The highest BCUT2D eigenvalue weighted by molar-refractivity contribution is 6.42. The number of benzene rings is 2. The predicted octanol–water partition coefficient (Wildman–Crippen LogP) is 4.60. The van der Waals surface area contributed by atoms with Crippen molar-refractivity contribution < 1.29 is 19.5 Å².